The number of morpholine rings is 1. The number of nitrogens with one attached hydrogen (secondary N) is 1. The van der Waals surface area contributed by atoms with Gasteiger partial charge in [0.1, 0.15) is 5.76 Å². The Balaban J connectivity index is 1.30. The molecule has 0 saturated carbocycles. The second-order valence-electron chi connectivity index (χ2n) is 7.63. The molecule has 2 aromatic rings. The maximum Gasteiger partial charge on any atom is 0.243 e. The van der Waals surface area contributed by atoms with Crippen LogP contribution in [0.25, 0.3) is 0 Å². The maximum absolute atomic E-state index is 12.7. The van der Waals surface area contributed by atoms with Gasteiger partial charge in [-0.2, -0.15) is 4.31 Å². The lowest BCUT2D eigenvalue weighted by Gasteiger charge is -2.26. The second-order valence-corrected chi connectivity index (χ2v) is 9.57. The van der Waals surface area contributed by atoms with Crippen molar-refractivity contribution in [3.63, 3.8) is 0 Å². The van der Waals surface area contributed by atoms with Crippen molar-refractivity contribution in [1.29, 1.82) is 0 Å². The van der Waals surface area contributed by atoms with Crippen LogP contribution in [0, 0.1) is 5.92 Å². The molecule has 2 saturated heterocycles. The number of hydrogen-bond donors (Lipinski definition) is 1. The Hall–Kier alpha value is -2.69. The molecule has 0 unspecified atom stereocenters. The van der Waals surface area contributed by atoms with Crippen LogP contribution >= 0.6 is 0 Å². The van der Waals surface area contributed by atoms with Crippen molar-refractivity contribution in [3.05, 3.63) is 54.0 Å². The summed E-state index contributed by atoms with van der Waals surface area (Å²) in [7, 11) is -3.54. The molecule has 2 aliphatic heterocycles. The third kappa shape index (κ3) is 4.97. The van der Waals surface area contributed by atoms with Gasteiger partial charge in [-0.15, -0.1) is 0 Å². The van der Waals surface area contributed by atoms with E-state index in [9.17, 15) is 18.0 Å². The van der Waals surface area contributed by atoms with Crippen molar-refractivity contribution in [3.8, 4) is 0 Å². The fraction of sp³-hybridized carbons (Fsp3) is 0.429. The summed E-state index contributed by atoms with van der Waals surface area (Å²) in [4.78, 5) is 26.5. The smallest absolute Gasteiger partial charge is 0.243 e. The summed E-state index contributed by atoms with van der Waals surface area (Å²) in [6, 6.07) is 10.0. The standard InChI is InChI=1S/C21H25N3O6S/c25-20-12-17(14-23(20)15-18-2-1-9-30-18)21(26)22-13-16-3-5-19(6-4-16)31(27,28)24-7-10-29-11-8-24/h1-6,9,17H,7-8,10-15H2,(H,22,26)/t17-/m1/s1. The molecule has 0 spiro atoms. The number of benzene rings is 1. The van der Waals surface area contributed by atoms with Crippen LogP contribution in [0.3, 0.4) is 0 Å². The van der Waals surface area contributed by atoms with Crippen LogP contribution in [0.1, 0.15) is 17.7 Å². The number of likely N-dealkylation sites (tertiary alicyclic amines) is 1. The summed E-state index contributed by atoms with van der Waals surface area (Å²) in [5.74, 6) is -0.000468. The fourth-order valence-corrected chi connectivity index (χ4v) is 5.15. The van der Waals surface area contributed by atoms with Gasteiger partial charge < -0.3 is 19.4 Å². The number of rotatable bonds is 7. The van der Waals surface area contributed by atoms with Crippen molar-refractivity contribution in [1.82, 2.24) is 14.5 Å². The summed E-state index contributed by atoms with van der Waals surface area (Å²) in [6.45, 7) is 2.45. The van der Waals surface area contributed by atoms with Gasteiger partial charge in [0.25, 0.3) is 0 Å². The van der Waals surface area contributed by atoms with Gasteiger partial charge in [0.2, 0.25) is 21.8 Å². The average Bonchev–Trinajstić information content (AvgIpc) is 3.43. The van der Waals surface area contributed by atoms with Crippen LogP contribution < -0.4 is 5.32 Å². The maximum atomic E-state index is 12.7. The van der Waals surface area contributed by atoms with E-state index in [2.05, 4.69) is 5.32 Å². The van der Waals surface area contributed by atoms with Crippen molar-refractivity contribution in [2.45, 2.75) is 24.4 Å². The number of amides is 2. The van der Waals surface area contributed by atoms with E-state index in [1.165, 1.54) is 4.31 Å². The molecule has 4 rings (SSSR count). The summed E-state index contributed by atoms with van der Waals surface area (Å²) in [6.07, 6.45) is 1.72. The first-order valence-electron chi connectivity index (χ1n) is 10.2. The first-order chi connectivity index (χ1) is 14.9. The highest BCUT2D eigenvalue weighted by atomic mass is 32.2. The number of carbonyl (C=O) groups excluding carboxylic acids is 2. The molecule has 0 aliphatic carbocycles. The highest BCUT2D eigenvalue weighted by molar-refractivity contribution is 7.89. The van der Waals surface area contributed by atoms with Crippen LogP contribution in [0.15, 0.2) is 52.0 Å². The minimum Gasteiger partial charge on any atom is -0.467 e. The van der Waals surface area contributed by atoms with Gasteiger partial charge in [-0.3, -0.25) is 9.59 Å². The van der Waals surface area contributed by atoms with Crippen LogP contribution in [-0.4, -0.2) is 62.3 Å². The third-order valence-corrected chi connectivity index (χ3v) is 7.42. The molecule has 1 N–H and O–H groups in total. The number of ether oxygens (including phenoxy) is 1. The topological polar surface area (TPSA) is 109 Å². The fourth-order valence-electron chi connectivity index (χ4n) is 3.74. The minimum atomic E-state index is -3.54. The SMILES string of the molecule is O=C(NCc1ccc(S(=O)(=O)N2CCOCC2)cc1)[C@@H]1CC(=O)N(Cc2ccco2)C1. The van der Waals surface area contributed by atoms with Crippen molar-refractivity contribution < 1.29 is 27.2 Å². The van der Waals surface area contributed by atoms with E-state index in [0.29, 0.717) is 45.2 Å². The van der Waals surface area contributed by atoms with E-state index in [0.717, 1.165) is 5.56 Å². The Kier molecular flexibility index (Phi) is 6.40. The monoisotopic (exact) mass is 447 g/mol. The molecule has 1 atom stereocenters. The second kappa shape index (κ2) is 9.21. The predicted molar refractivity (Wildman–Crippen MR) is 110 cm³/mol. The number of sulfonamides is 1. The predicted octanol–water partition coefficient (Wildman–Crippen LogP) is 0.965. The average molecular weight is 448 g/mol. The van der Waals surface area contributed by atoms with Crippen LogP contribution in [0.5, 0.6) is 0 Å². The van der Waals surface area contributed by atoms with Gasteiger partial charge in [0.05, 0.1) is 36.8 Å². The van der Waals surface area contributed by atoms with E-state index in [4.69, 9.17) is 9.15 Å². The molecule has 166 valence electrons. The van der Waals surface area contributed by atoms with E-state index >= 15 is 0 Å². The molecule has 0 radical (unpaired) electrons. The molecule has 10 heteroatoms. The molecule has 0 bridgehead atoms. The summed E-state index contributed by atoms with van der Waals surface area (Å²) < 4.78 is 37.2. The Morgan fingerprint density at radius 1 is 1.13 bits per heavy atom. The molecule has 2 amide bonds. The zero-order chi connectivity index (χ0) is 21.8. The normalized spacial score (nSPS) is 20.2. The van der Waals surface area contributed by atoms with Crippen LogP contribution in [-0.2, 0) is 37.4 Å². The summed E-state index contributed by atoms with van der Waals surface area (Å²) in [5, 5.41) is 2.84. The highest BCUT2D eigenvalue weighted by Gasteiger charge is 2.34. The van der Waals surface area contributed by atoms with Gasteiger partial charge in [0, 0.05) is 32.6 Å². The first kappa shape index (κ1) is 21.5. The molecule has 3 heterocycles. The number of hydrogen-bond acceptors (Lipinski definition) is 6. The molecule has 2 fully saturated rings. The molecular formula is C21H25N3O6S. The minimum absolute atomic E-state index is 0.0748. The van der Waals surface area contributed by atoms with Crippen molar-refractivity contribution >= 4 is 21.8 Å². The lowest BCUT2D eigenvalue weighted by Crippen LogP contribution is -2.40. The van der Waals surface area contributed by atoms with Gasteiger partial charge in [-0.1, -0.05) is 12.1 Å². The Labute approximate surface area is 181 Å². The molecule has 1 aromatic heterocycles. The Bertz CT molecular complexity index is 1010. The zero-order valence-electron chi connectivity index (χ0n) is 17.0. The Morgan fingerprint density at radius 2 is 1.87 bits per heavy atom. The quantitative estimate of drug-likeness (QED) is 0.677. The summed E-state index contributed by atoms with van der Waals surface area (Å²) in [5.41, 5.74) is 0.783. The van der Waals surface area contributed by atoms with Crippen LogP contribution in [0.2, 0.25) is 0 Å². The molecule has 1 aromatic carbocycles. The van der Waals surface area contributed by atoms with Crippen molar-refractivity contribution in [2.75, 3.05) is 32.8 Å². The lowest BCUT2D eigenvalue weighted by atomic mass is 10.1. The third-order valence-electron chi connectivity index (χ3n) is 5.51. The number of carbonyl (C=O) groups is 2. The number of furan rings is 1. The highest BCUT2D eigenvalue weighted by Crippen LogP contribution is 2.21. The van der Waals surface area contributed by atoms with Crippen molar-refractivity contribution in [2.24, 2.45) is 5.92 Å². The van der Waals surface area contributed by atoms with Crippen LogP contribution in [0.4, 0.5) is 0 Å². The first-order valence-corrected chi connectivity index (χ1v) is 11.6. The van der Waals surface area contributed by atoms with E-state index in [-0.39, 0.29) is 29.7 Å². The van der Waals surface area contributed by atoms with Gasteiger partial charge in [-0.25, -0.2) is 8.42 Å². The zero-order valence-corrected chi connectivity index (χ0v) is 17.8. The summed E-state index contributed by atoms with van der Waals surface area (Å²) >= 11 is 0. The molecular weight excluding hydrogens is 422 g/mol. The lowest BCUT2D eigenvalue weighted by molar-refractivity contribution is -0.129. The largest absolute Gasteiger partial charge is 0.467 e. The van der Waals surface area contributed by atoms with E-state index < -0.39 is 15.9 Å². The molecule has 31 heavy (non-hydrogen) atoms. The van der Waals surface area contributed by atoms with Gasteiger partial charge in [-0.05, 0) is 29.8 Å². The number of nitrogens with zero attached hydrogens (tertiary/aromatic N) is 2. The van der Waals surface area contributed by atoms with Gasteiger partial charge in [0.15, 0.2) is 0 Å². The van der Waals surface area contributed by atoms with E-state index in [1.54, 1.807) is 47.6 Å². The molecule has 9 nitrogen and oxygen atoms in total. The van der Waals surface area contributed by atoms with Gasteiger partial charge >= 0.3 is 0 Å². The van der Waals surface area contributed by atoms with E-state index in [1.807, 2.05) is 0 Å². The molecule has 2 aliphatic rings. The Morgan fingerprint density at radius 3 is 2.55 bits per heavy atom.